The van der Waals surface area contributed by atoms with E-state index in [1.807, 2.05) is 0 Å². The third-order valence-electron chi connectivity index (χ3n) is 1.66. The Labute approximate surface area is 92.1 Å². The first-order valence-electron chi connectivity index (χ1n) is 4.13. The molecule has 0 aliphatic carbocycles. The summed E-state index contributed by atoms with van der Waals surface area (Å²) in [5.41, 5.74) is 4.00. The summed E-state index contributed by atoms with van der Waals surface area (Å²) in [6, 6.07) is 0.608. The third kappa shape index (κ3) is 3.33. The minimum atomic E-state index is -5.10. The summed E-state index contributed by atoms with van der Waals surface area (Å²) in [5, 5.41) is 0. The number of rotatable bonds is 3. The standard InChI is InChI=1S/C8H7F5N2O2/c1-16-4-2-3(17-8(11,12)13)5(6(9)10)15-7(4)14/h2,6H,1H3,(H2,14,15). The van der Waals surface area contributed by atoms with Crippen LogP contribution in [0.4, 0.5) is 27.8 Å². The summed E-state index contributed by atoms with van der Waals surface area (Å²) in [7, 11) is 1.10. The number of nitrogens with zero attached hydrogens (tertiary/aromatic N) is 1. The van der Waals surface area contributed by atoms with Gasteiger partial charge in [0.1, 0.15) is 0 Å². The largest absolute Gasteiger partial charge is 0.573 e. The maximum Gasteiger partial charge on any atom is 0.573 e. The molecule has 0 bridgehead atoms. The van der Waals surface area contributed by atoms with Crippen molar-refractivity contribution in [3.63, 3.8) is 0 Å². The smallest absolute Gasteiger partial charge is 0.493 e. The highest BCUT2D eigenvalue weighted by Crippen LogP contribution is 2.36. The highest BCUT2D eigenvalue weighted by Gasteiger charge is 2.34. The lowest BCUT2D eigenvalue weighted by Gasteiger charge is -2.14. The molecule has 0 aliphatic rings. The van der Waals surface area contributed by atoms with Crippen LogP contribution in [0.25, 0.3) is 0 Å². The number of hydrogen-bond acceptors (Lipinski definition) is 4. The summed E-state index contributed by atoms with van der Waals surface area (Å²) in [5.74, 6) is -1.87. The van der Waals surface area contributed by atoms with Crippen molar-refractivity contribution in [3.05, 3.63) is 11.8 Å². The van der Waals surface area contributed by atoms with Gasteiger partial charge in [0, 0.05) is 6.07 Å². The Morgan fingerprint density at radius 3 is 2.29 bits per heavy atom. The summed E-state index contributed by atoms with van der Waals surface area (Å²) in [4.78, 5) is 3.11. The van der Waals surface area contributed by atoms with Gasteiger partial charge >= 0.3 is 6.36 Å². The number of nitrogens with two attached hydrogens (primary N) is 1. The third-order valence-corrected chi connectivity index (χ3v) is 1.66. The van der Waals surface area contributed by atoms with Gasteiger partial charge in [-0.1, -0.05) is 0 Å². The van der Waals surface area contributed by atoms with Gasteiger partial charge in [0.25, 0.3) is 6.43 Å². The molecule has 0 radical (unpaired) electrons. The SMILES string of the molecule is COc1cc(OC(F)(F)F)c(C(F)F)nc1N. The van der Waals surface area contributed by atoms with Crippen molar-refractivity contribution in [2.45, 2.75) is 12.8 Å². The first kappa shape index (κ1) is 13.3. The molecular formula is C8H7F5N2O2. The van der Waals surface area contributed by atoms with E-state index in [2.05, 4.69) is 14.5 Å². The molecule has 1 aromatic heterocycles. The van der Waals surface area contributed by atoms with E-state index < -0.39 is 30.0 Å². The highest BCUT2D eigenvalue weighted by atomic mass is 19.4. The number of pyridine rings is 1. The van der Waals surface area contributed by atoms with Gasteiger partial charge in [-0.2, -0.15) is 0 Å². The lowest BCUT2D eigenvalue weighted by molar-refractivity contribution is -0.275. The Hall–Kier alpha value is -1.80. The fourth-order valence-corrected chi connectivity index (χ4v) is 1.03. The Kier molecular flexibility index (Phi) is 3.59. The molecule has 1 aromatic rings. The van der Waals surface area contributed by atoms with Crippen molar-refractivity contribution in [1.82, 2.24) is 4.98 Å². The van der Waals surface area contributed by atoms with Crippen molar-refractivity contribution in [2.24, 2.45) is 0 Å². The lowest BCUT2D eigenvalue weighted by atomic mass is 10.3. The van der Waals surface area contributed by atoms with Crippen LogP contribution in [0.2, 0.25) is 0 Å². The molecular weight excluding hydrogens is 251 g/mol. The van der Waals surface area contributed by atoms with E-state index in [9.17, 15) is 22.0 Å². The lowest BCUT2D eigenvalue weighted by Crippen LogP contribution is -2.19. The number of aromatic nitrogens is 1. The Morgan fingerprint density at radius 1 is 1.29 bits per heavy atom. The molecule has 0 unspecified atom stereocenters. The monoisotopic (exact) mass is 258 g/mol. The van der Waals surface area contributed by atoms with Crippen molar-refractivity contribution in [3.8, 4) is 11.5 Å². The van der Waals surface area contributed by atoms with Crippen LogP contribution in [0.3, 0.4) is 0 Å². The number of nitrogen functional groups attached to an aromatic ring is 1. The predicted octanol–water partition coefficient (Wildman–Crippen LogP) is 2.51. The number of alkyl halides is 5. The molecule has 0 amide bonds. The first-order valence-corrected chi connectivity index (χ1v) is 4.13. The Morgan fingerprint density at radius 2 is 1.88 bits per heavy atom. The van der Waals surface area contributed by atoms with E-state index in [0.717, 1.165) is 7.11 Å². The van der Waals surface area contributed by atoms with Gasteiger partial charge < -0.3 is 15.2 Å². The normalized spacial score (nSPS) is 11.7. The minimum Gasteiger partial charge on any atom is -0.493 e. The van der Waals surface area contributed by atoms with E-state index in [0.29, 0.717) is 6.07 Å². The van der Waals surface area contributed by atoms with Crippen LogP contribution in [-0.4, -0.2) is 18.5 Å². The molecule has 0 spiro atoms. The molecule has 1 heterocycles. The van der Waals surface area contributed by atoms with Gasteiger partial charge in [-0.3, -0.25) is 0 Å². The molecule has 0 atom stereocenters. The van der Waals surface area contributed by atoms with Crippen LogP contribution in [0, 0.1) is 0 Å². The minimum absolute atomic E-state index is 0.284. The topological polar surface area (TPSA) is 57.4 Å². The molecule has 0 aliphatic heterocycles. The average Bonchev–Trinajstić information content (AvgIpc) is 2.17. The number of anilines is 1. The molecule has 0 aromatic carbocycles. The zero-order valence-electron chi connectivity index (χ0n) is 8.39. The number of halogens is 5. The molecule has 4 nitrogen and oxygen atoms in total. The van der Waals surface area contributed by atoms with Crippen molar-refractivity contribution in [2.75, 3.05) is 12.8 Å². The molecule has 1 rings (SSSR count). The van der Waals surface area contributed by atoms with Crippen molar-refractivity contribution < 1.29 is 31.4 Å². The number of hydrogen-bond donors (Lipinski definition) is 1. The van der Waals surface area contributed by atoms with Gasteiger partial charge in [-0.05, 0) is 0 Å². The summed E-state index contributed by atoms with van der Waals surface area (Å²) in [6.45, 7) is 0. The highest BCUT2D eigenvalue weighted by molar-refractivity contribution is 5.52. The molecule has 17 heavy (non-hydrogen) atoms. The zero-order valence-corrected chi connectivity index (χ0v) is 8.39. The van der Waals surface area contributed by atoms with Gasteiger partial charge in [0.05, 0.1) is 7.11 Å². The molecule has 9 heteroatoms. The fraction of sp³-hybridized carbons (Fsp3) is 0.375. The van der Waals surface area contributed by atoms with Gasteiger partial charge in [-0.25, -0.2) is 13.8 Å². The van der Waals surface area contributed by atoms with E-state index >= 15 is 0 Å². The molecule has 0 fully saturated rings. The first-order chi connectivity index (χ1) is 7.74. The second-order valence-electron chi connectivity index (χ2n) is 2.81. The van der Waals surface area contributed by atoms with E-state index in [1.165, 1.54) is 0 Å². The van der Waals surface area contributed by atoms with Crippen LogP contribution >= 0.6 is 0 Å². The van der Waals surface area contributed by atoms with Gasteiger partial charge in [0.2, 0.25) is 0 Å². The van der Waals surface area contributed by atoms with Crippen LogP contribution in [0.5, 0.6) is 11.5 Å². The fourth-order valence-electron chi connectivity index (χ4n) is 1.03. The second-order valence-corrected chi connectivity index (χ2v) is 2.81. The van der Waals surface area contributed by atoms with Gasteiger partial charge in [-0.15, -0.1) is 13.2 Å². The van der Waals surface area contributed by atoms with Crippen LogP contribution in [0.1, 0.15) is 12.1 Å². The maximum atomic E-state index is 12.4. The molecule has 0 saturated carbocycles. The van der Waals surface area contributed by atoms with Crippen LogP contribution < -0.4 is 15.2 Å². The molecule has 96 valence electrons. The molecule has 0 saturated heterocycles. The number of ether oxygens (including phenoxy) is 2. The summed E-state index contributed by atoms with van der Waals surface area (Å²) >= 11 is 0. The van der Waals surface area contributed by atoms with Crippen molar-refractivity contribution >= 4 is 5.82 Å². The van der Waals surface area contributed by atoms with Crippen LogP contribution in [0.15, 0.2) is 6.07 Å². The summed E-state index contributed by atoms with van der Waals surface area (Å²) in [6.07, 6.45) is -8.35. The Bertz CT molecular complexity index is 408. The zero-order chi connectivity index (χ0) is 13.2. The quantitative estimate of drug-likeness (QED) is 0.846. The van der Waals surface area contributed by atoms with E-state index in [1.54, 1.807) is 0 Å². The Balaban J connectivity index is 3.24. The summed E-state index contributed by atoms with van der Waals surface area (Å²) < 4.78 is 68.7. The predicted molar refractivity (Wildman–Crippen MR) is 46.8 cm³/mol. The maximum absolute atomic E-state index is 12.4. The second kappa shape index (κ2) is 4.60. The van der Waals surface area contributed by atoms with E-state index in [-0.39, 0.29) is 5.75 Å². The molecule has 2 N–H and O–H groups in total. The van der Waals surface area contributed by atoms with E-state index in [4.69, 9.17) is 5.73 Å². The van der Waals surface area contributed by atoms with Crippen molar-refractivity contribution in [1.29, 1.82) is 0 Å². The average molecular weight is 258 g/mol. The number of methoxy groups -OCH3 is 1. The van der Waals surface area contributed by atoms with Gasteiger partial charge in [0.15, 0.2) is 23.0 Å². The van der Waals surface area contributed by atoms with Crippen LogP contribution in [-0.2, 0) is 0 Å².